The van der Waals surface area contributed by atoms with Gasteiger partial charge < -0.3 is 14.0 Å². The van der Waals surface area contributed by atoms with Crippen molar-refractivity contribution >= 4 is 11.6 Å². The number of fused-ring (bicyclic) bond motifs is 1. The van der Waals surface area contributed by atoms with E-state index in [2.05, 4.69) is 9.38 Å². The summed E-state index contributed by atoms with van der Waals surface area (Å²) in [5.74, 6) is 1.06. The number of aryl methyl sites for hydroxylation is 1. The Morgan fingerprint density at radius 2 is 2.04 bits per heavy atom. The molecule has 5 nitrogen and oxygen atoms in total. The molecular weight excluding hydrogens is 326 g/mol. The molecule has 134 valence electrons. The molecule has 1 aliphatic rings. The van der Waals surface area contributed by atoms with Gasteiger partial charge in [-0.25, -0.2) is 4.98 Å². The van der Waals surface area contributed by atoms with Gasteiger partial charge in [0.15, 0.2) is 0 Å². The molecule has 0 bridgehead atoms. The summed E-state index contributed by atoms with van der Waals surface area (Å²) in [5.41, 5.74) is 3.14. The highest BCUT2D eigenvalue weighted by atomic mass is 16.5. The van der Waals surface area contributed by atoms with Crippen LogP contribution in [0.4, 0.5) is 0 Å². The Labute approximate surface area is 153 Å². The molecule has 0 aliphatic heterocycles. The molecule has 0 atom stereocenters. The standard InChI is InChI=1S/C21H23N3O2/c1-26-19-10-5-16(6-11-19)7-12-21(25)24(17-8-9-17)15-18-14-22-20-4-2-3-13-23(18)20/h2-6,10-11,13-14,17H,7-9,12,15H2,1H3. The summed E-state index contributed by atoms with van der Waals surface area (Å²) in [6.07, 6.45) is 7.36. The molecule has 2 heterocycles. The largest absolute Gasteiger partial charge is 0.497 e. The van der Waals surface area contributed by atoms with Crippen LogP contribution >= 0.6 is 0 Å². The van der Waals surface area contributed by atoms with Crippen LogP contribution in [-0.4, -0.2) is 33.3 Å². The number of hydrogen-bond donors (Lipinski definition) is 0. The number of imidazole rings is 1. The summed E-state index contributed by atoms with van der Waals surface area (Å²) >= 11 is 0. The fraction of sp³-hybridized carbons (Fsp3) is 0.333. The van der Waals surface area contributed by atoms with Crippen molar-refractivity contribution in [2.24, 2.45) is 0 Å². The van der Waals surface area contributed by atoms with Crippen molar-refractivity contribution in [2.45, 2.75) is 38.3 Å². The first-order valence-electron chi connectivity index (χ1n) is 9.08. The Hall–Kier alpha value is -2.82. The van der Waals surface area contributed by atoms with Crippen LogP contribution in [0.25, 0.3) is 5.65 Å². The molecule has 26 heavy (non-hydrogen) atoms. The van der Waals surface area contributed by atoms with Crippen molar-refractivity contribution in [1.29, 1.82) is 0 Å². The fourth-order valence-corrected chi connectivity index (χ4v) is 3.27. The lowest BCUT2D eigenvalue weighted by Crippen LogP contribution is -2.33. The maximum Gasteiger partial charge on any atom is 0.223 e. The minimum atomic E-state index is 0.217. The Kier molecular flexibility index (Phi) is 4.61. The van der Waals surface area contributed by atoms with Gasteiger partial charge in [-0.3, -0.25) is 4.79 Å². The first-order valence-corrected chi connectivity index (χ1v) is 9.08. The van der Waals surface area contributed by atoms with Gasteiger partial charge in [-0.1, -0.05) is 18.2 Å². The zero-order chi connectivity index (χ0) is 17.9. The average molecular weight is 349 g/mol. The van der Waals surface area contributed by atoms with E-state index < -0.39 is 0 Å². The molecule has 5 heteroatoms. The van der Waals surface area contributed by atoms with Gasteiger partial charge in [0.05, 0.1) is 25.5 Å². The third-order valence-corrected chi connectivity index (χ3v) is 4.92. The third-order valence-electron chi connectivity index (χ3n) is 4.92. The first-order chi connectivity index (χ1) is 12.7. The van der Waals surface area contributed by atoms with Gasteiger partial charge in [0.1, 0.15) is 11.4 Å². The van der Waals surface area contributed by atoms with E-state index in [1.165, 1.54) is 0 Å². The van der Waals surface area contributed by atoms with E-state index in [0.29, 0.717) is 19.0 Å². The van der Waals surface area contributed by atoms with Crippen molar-refractivity contribution in [2.75, 3.05) is 7.11 Å². The number of amides is 1. The smallest absolute Gasteiger partial charge is 0.223 e. The molecule has 1 saturated carbocycles. The molecule has 1 fully saturated rings. The number of pyridine rings is 1. The highest BCUT2D eigenvalue weighted by Gasteiger charge is 2.32. The number of methoxy groups -OCH3 is 1. The van der Waals surface area contributed by atoms with Crippen LogP contribution < -0.4 is 4.74 Å². The molecule has 0 unspecified atom stereocenters. The molecule has 2 aromatic heterocycles. The van der Waals surface area contributed by atoms with Gasteiger partial charge in [-0.2, -0.15) is 0 Å². The molecule has 0 spiro atoms. The summed E-state index contributed by atoms with van der Waals surface area (Å²) in [5, 5.41) is 0. The summed E-state index contributed by atoms with van der Waals surface area (Å²) in [6.45, 7) is 0.622. The van der Waals surface area contributed by atoms with Crippen molar-refractivity contribution in [3.05, 3.63) is 66.1 Å². The maximum absolute atomic E-state index is 12.9. The molecule has 3 aromatic rings. The van der Waals surface area contributed by atoms with Crippen LogP contribution in [0.1, 0.15) is 30.5 Å². The van der Waals surface area contributed by atoms with Gasteiger partial charge in [0.2, 0.25) is 5.91 Å². The lowest BCUT2D eigenvalue weighted by molar-refractivity contribution is -0.132. The number of carbonyl (C=O) groups is 1. The zero-order valence-electron chi connectivity index (χ0n) is 15.0. The van der Waals surface area contributed by atoms with Gasteiger partial charge >= 0.3 is 0 Å². The second-order valence-electron chi connectivity index (χ2n) is 6.78. The molecule has 1 amide bonds. The van der Waals surface area contributed by atoms with Gasteiger partial charge in [0, 0.05) is 18.7 Å². The summed E-state index contributed by atoms with van der Waals surface area (Å²) in [4.78, 5) is 19.3. The summed E-state index contributed by atoms with van der Waals surface area (Å²) in [7, 11) is 1.66. The van der Waals surface area contributed by atoms with Crippen LogP contribution in [-0.2, 0) is 17.8 Å². The van der Waals surface area contributed by atoms with E-state index >= 15 is 0 Å². The van der Waals surface area contributed by atoms with Crippen LogP contribution in [0.5, 0.6) is 5.75 Å². The monoisotopic (exact) mass is 349 g/mol. The lowest BCUT2D eigenvalue weighted by atomic mass is 10.1. The number of hydrogen-bond acceptors (Lipinski definition) is 3. The van der Waals surface area contributed by atoms with E-state index in [-0.39, 0.29) is 5.91 Å². The fourth-order valence-electron chi connectivity index (χ4n) is 3.27. The number of carbonyl (C=O) groups excluding carboxylic acids is 1. The quantitative estimate of drug-likeness (QED) is 0.656. The number of benzene rings is 1. The number of aromatic nitrogens is 2. The minimum absolute atomic E-state index is 0.217. The van der Waals surface area contributed by atoms with Crippen LogP contribution in [0, 0.1) is 0 Å². The average Bonchev–Trinajstić information content (AvgIpc) is 3.45. The predicted octanol–water partition coefficient (Wildman–Crippen LogP) is 3.47. The van der Waals surface area contributed by atoms with Crippen LogP contribution in [0.15, 0.2) is 54.9 Å². The molecular formula is C21H23N3O2. The summed E-state index contributed by atoms with van der Waals surface area (Å²) in [6, 6.07) is 14.3. The van der Waals surface area contributed by atoms with Crippen LogP contribution in [0.2, 0.25) is 0 Å². The second-order valence-corrected chi connectivity index (χ2v) is 6.78. The van der Waals surface area contributed by atoms with Crippen molar-refractivity contribution in [1.82, 2.24) is 14.3 Å². The zero-order valence-corrected chi connectivity index (χ0v) is 15.0. The Bertz CT molecular complexity index is 897. The van der Waals surface area contributed by atoms with E-state index in [1.54, 1.807) is 7.11 Å². The van der Waals surface area contributed by atoms with Gasteiger partial charge in [-0.15, -0.1) is 0 Å². The Morgan fingerprint density at radius 3 is 2.77 bits per heavy atom. The summed E-state index contributed by atoms with van der Waals surface area (Å²) < 4.78 is 7.24. The predicted molar refractivity (Wildman–Crippen MR) is 100 cm³/mol. The van der Waals surface area contributed by atoms with E-state index in [0.717, 1.165) is 41.9 Å². The molecule has 1 aromatic carbocycles. The van der Waals surface area contributed by atoms with Gasteiger partial charge in [0.25, 0.3) is 0 Å². The molecule has 4 rings (SSSR count). The topological polar surface area (TPSA) is 46.8 Å². The molecule has 0 N–H and O–H groups in total. The van der Waals surface area contributed by atoms with Gasteiger partial charge in [-0.05, 0) is 49.1 Å². The number of rotatable bonds is 7. The lowest BCUT2D eigenvalue weighted by Gasteiger charge is -2.22. The molecule has 0 radical (unpaired) electrons. The normalized spacial score (nSPS) is 13.7. The maximum atomic E-state index is 12.9. The molecule has 0 saturated heterocycles. The van der Waals surface area contributed by atoms with E-state index in [1.807, 2.05) is 59.8 Å². The van der Waals surface area contributed by atoms with Crippen molar-refractivity contribution in [3.8, 4) is 5.75 Å². The highest BCUT2D eigenvalue weighted by molar-refractivity contribution is 5.77. The molecule has 1 aliphatic carbocycles. The van der Waals surface area contributed by atoms with Crippen molar-refractivity contribution < 1.29 is 9.53 Å². The number of nitrogens with zero attached hydrogens (tertiary/aromatic N) is 3. The first kappa shape index (κ1) is 16.6. The van der Waals surface area contributed by atoms with Crippen molar-refractivity contribution in [3.63, 3.8) is 0 Å². The highest BCUT2D eigenvalue weighted by Crippen LogP contribution is 2.29. The SMILES string of the molecule is COc1ccc(CCC(=O)N(Cc2cnc3ccccn23)C2CC2)cc1. The second kappa shape index (κ2) is 7.20. The number of ether oxygens (including phenoxy) is 1. The van der Waals surface area contributed by atoms with E-state index in [9.17, 15) is 4.79 Å². The van der Waals surface area contributed by atoms with E-state index in [4.69, 9.17) is 4.74 Å². The Morgan fingerprint density at radius 1 is 1.23 bits per heavy atom. The Balaban J connectivity index is 1.43. The minimum Gasteiger partial charge on any atom is -0.497 e. The van der Waals surface area contributed by atoms with Crippen LogP contribution in [0.3, 0.4) is 0 Å². The third kappa shape index (κ3) is 3.57.